The predicted octanol–water partition coefficient (Wildman–Crippen LogP) is 6.13. The van der Waals surface area contributed by atoms with Crippen LogP contribution in [0.2, 0.25) is 0 Å². The lowest BCUT2D eigenvalue weighted by atomic mass is 9.73. The second kappa shape index (κ2) is 15.5. The smallest absolute Gasteiger partial charge is 0.344 e. The average molecular weight is 594 g/mol. The van der Waals surface area contributed by atoms with Gasteiger partial charge in [0, 0.05) is 18.6 Å². The van der Waals surface area contributed by atoms with E-state index in [1.165, 1.54) is 12.7 Å². The van der Waals surface area contributed by atoms with Gasteiger partial charge in [-0.15, -0.1) is 0 Å². The molecule has 41 heavy (non-hydrogen) atoms. The molecule has 0 amide bonds. The minimum Gasteiger partial charge on any atom is -0.756 e. The minimum atomic E-state index is -4.83. The first-order chi connectivity index (χ1) is 19.5. The molecular weight excluding hydrogens is 547 g/mol. The number of aromatic hydroxyl groups is 1. The molecule has 0 spiro atoms. The van der Waals surface area contributed by atoms with Crippen LogP contribution < -0.4 is 9.63 Å². The molecule has 0 heterocycles. The number of phenols is 1. The normalized spacial score (nSPS) is 21.4. The van der Waals surface area contributed by atoms with Gasteiger partial charge in [-0.2, -0.15) is 0 Å². The van der Waals surface area contributed by atoms with E-state index in [0.29, 0.717) is 31.6 Å². The van der Waals surface area contributed by atoms with Crippen LogP contribution in [0.3, 0.4) is 0 Å². The van der Waals surface area contributed by atoms with Crippen LogP contribution in [0, 0.1) is 5.92 Å². The molecule has 0 bridgehead atoms. The van der Waals surface area contributed by atoms with Crippen molar-refractivity contribution in [3.63, 3.8) is 0 Å². The van der Waals surface area contributed by atoms with Crippen molar-refractivity contribution in [3.05, 3.63) is 47.1 Å². The summed E-state index contributed by atoms with van der Waals surface area (Å²) in [6.07, 6.45) is 8.59. The number of carbonyl (C=O) groups excluding carboxylic acids is 1. The summed E-state index contributed by atoms with van der Waals surface area (Å²) in [5.74, 6) is -0.706. The molecular formula is C31H46O9P-. The van der Waals surface area contributed by atoms with E-state index in [1.54, 1.807) is 12.1 Å². The fraction of sp³-hybridized carbons (Fsp3) is 0.645. The summed E-state index contributed by atoms with van der Waals surface area (Å²) in [5, 5.41) is 11.3. The van der Waals surface area contributed by atoms with E-state index in [4.69, 9.17) is 23.3 Å². The quantitative estimate of drug-likeness (QED) is 0.0746. The highest BCUT2D eigenvalue weighted by Gasteiger charge is 2.50. The number of esters is 1. The third kappa shape index (κ3) is 9.24. The van der Waals surface area contributed by atoms with Crippen molar-refractivity contribution in [2.24, 2.45) is 5.92 Å². The summed E-state index contributed by atoms with van der Waals surface area (Å²) >= 11 is 0. The Labute approximate surface area is 244 Å². The van der Waals surface area contributed by atoms with E-state index in [9.17, 15) is 19.4 Å². The topological polar surface area (TPSA) is 124 Å². The van der Waals surface area contributed by atoms with Gasteiger partial charge in [0.2, 0.25) is 0 Å². The van der Waals surface area contributed by atoms with Gasteiger partial charge in [0.25, 0.3) is 7.82 Å². The van der Waals surface area contributed by atoms with E-state index in [-0.39, 0.29) is 49.4 Å². The Morgan fingerprint density at radius 2 is 1.93 bits per heavy atom. The van der Waals surface area contributed by atoms with Crippen molar-refractivity contribution >= 4 is 13.8 Å². The monoisotopic (exact) mass is 593 g/mol. The number of phosphoric ester groups is 1. The number of benzene rings is 1. The van der Waals surface area contributed by atoms with Gasteiger partial charge >= 0.3 is 5.97 Å². The first kappa shape index (κ1) is 33.5. The Balaban J connectivity index is 1.86. The van der Waals surface area contributed by atoms with Gasteiger partial charge in [-0.25, -0.2) is 4.79 Å². The Hall–Kier alpha value is -2.00. The molecule has 1 fully saturated rings. The maximum Gasteiger partial charge on any atom is 0.344 e. The van der Waals surface area contributed by atoms with Gasteiger partial charge in [-0.1, -0.05) is 43.6 Å². The predicted molar refractivity (Wildman–Crippen MR) is 155 cm³/mol. The number of aryl methyl sites for hydroxylation is 1. The van der Waals surface area contributed by atoms with Crippen LogP contribution in [-0.2, 0) is 34.3 Å². The van der Waals surface area contributed by atoms with E-state index in [2.05, 4.69) is 26.5 Å². The first-order valence-electron chi connectivity index (χ1n) is 14.7. The maximum atomic E-state index is 13.6. The van der Waals surface area contributed by atoms with Gasteiger partial charge in [0.15, 0.2) is 5.60 Å². The van der Waals surface area contributed by atoms with Crippen LogP contribution in [0.15, 0.2) is 35.9 Å². The highest BCUT2D eigenvalue weighted by molar-refractivity contribution is 7.46. The summed E-state index contributed by atoms with van der Waals surface area (Å²) in [4.78, 5) is 26.3. The van der Waals surface area contributed by atoms with E-state index < -0.39 is 19.4 Å². The molecule has 2 aliphatic carbocycles. The number of allylic oxidation sites excluding steroid dienone is 3. The number of phenolic OH excluding ortho intramolecular Hbond substituents is 1. The number of hydrogen-bond donors (Lipinski definition) is 1. The van der Waals surface area contributed by atoms with Gasteiger partial charge in [-0.3, -0.25) is 9.09 Å². The van der Waals surface area contributed by atoms with Crippen molar-refractivity contribution in [2.75, 3.05) is 33.5 Å². The maximum absolute atomic E-state index is 13.6. The highest BCUT2D eigenvalue weighted by Crippen LogP contribution is 2.52. The molecule has 1 saturated carbocycles. The highest BCUT2D eigenvalue weighted by atomic mass is 31.2. The van der Waals surface area contributed by atoms with Crippen LogP contribution in [0.25, 0.3) is 0 Å². The van der Waals surface area contributed by atoms with Crippen molar-refractivity contribution in [1.82, 2.24) is 0 Å². The molecule has 1 aromatic carbocycles. The zero-order valence-corrected chi connectivity index (χ0v) is 25.8. The van der Waals surface area contributed by atoms with Gasteiger partial charge in [0.05, 0.1) is 26.4 Å². The molecule has 1 unspecified atom stereocenters. The Morgan fingerprint density at radius 1 is 1.20 bits per heavy atom. The molecule has 9 nitrogen and oxygen atoms in total. The van der Waals surface area contributed by atoms with Gasteiger partial charge in [0.1, 0.15) is 11.5 Å². The largest absolute Gasteiger partial charge is 0.756 e. The van der Waals surface area contributed by atoms with Crippen LogP contribution in [-0.4, -0.2) is 50.2 Å². The molecule has 0 radical (unpaired) electrons. The molecule has 10 heteroatoms. The van der Waals surface area contributed by atoms with Gasteiger partial charge in [-0.05, 0) is 82.4 Å². The van der Waals surface area contributed by atoms with Gasteiger partial charge < -0.3 is 28.7 Å². The number of unbranched alkanes of at least 4 members (excludes halogenated alkanes) is 2. The Bertz CT molecular complexity index is 1120. The fourth-order valence-corrected chi connectivity index (χ4v) is 6.47. The van der Waals surface area contributed by atoms with Crippen molar-refractivity contribution < 1.29 is 42.6 Å². The van der Waals surface area contributed by atoms with Crippen molar-refractivity contribution in [1.29, 1.82) is 0 Å². The van der Waals surface area contributed by atoms with E-state index in [1.807, 2.05) is 6.92 Å². The second-order valence-corrected chi connectivity index (χ2v) is 12.6. The van der Waals surface area contributed by atoms with Crippen molar-refractivity contribution in [2.45, 2.75) is 90.1 Å². The molecule has 0 aliphatic heterocycles. The SMILES string of the molecule is C=C(C)[C@@H]1CCC(C)=C[C@H]1c1c(O)cc(CCCCC)cc1OC(=O)C1(OP(=O)([O-])OCCOCCOC)CCC1. The lowest BCUT2D eigenvalue weighted by Crippen LogP contribution is -2.50. The molecule has 230 valence electrons. The number of phosphoric acid groups is 1. The summed E-state index contributed by atoms with van der Waals surface area (Å²) in [6.45, 7) is 10.8. The lowest BCUT2D eigenvalue weighted by molar-refractivity contribution is -0.244. The zero-order chi connectivity index (χ0) is 30.0. The molecule has 0 saturated heterocycles. The van der Waals surface area contributed by atoms with Crippen LogP contribution in [0.4, 0.5) is 0 Å². The number of ether oxygens (including phenoxy) is 3. The molecule has 2 aliphatic rings. The molecule has 1 aromatic rings. The minimum absolute atomic E-state index is 0.0298. The second-order valence-electron chi connectivity index (χ2n) is 11.2. The van der Waals surface area contributed by atoms with Crippen LogP contribution in [0.5, 0.6) is 11.5 Å². The third-order valence-electron chi connectivity index (χ3n) is 7.89. The number of hydrogen-bond acceptors (Lipinski definition) is 9. The van der Waals surface area contributed by atoms with Crippen LogP contribution >= 0.6 is 7.82 Å². The molecule has 3 rings (SSSR count). The molecule has 1 N–H and O–H groups in total. The summed E-state index contributed by atoms with van der Waals surface area (Å²) in [7, 11) is -3.30. The van der Waals surface area contributed by atoms with Crippen molar-refractivity contribution in [3.8, 4) is 11.5 Å². The molecule has 0 aromatic heterocycles. The van der Waals surface area contributed by atoms with Crippen LogP contribution in [0.1, 0.15) is 89.2 Å². The fourth-order valence-electron chi connectivity index (χ4n) is 5.43. The summed E-state index contributed by atoms with van der Waals surface area (Å²) < 4.78 is 39.0. The van der Waals surface area contributed by atoms with E-state index in [0.717, 1.165) is 43.2 Å². The first-order valence-corrected chi connectivity index (χ1v) is 16.1. The Morgan fingerprint density at radius 3 is 2.56 bits per heavy atom. The number of rotatable bonds is 17. The lowest BCUT2D eigenvalue weighted by Gasteiger charge is -2.42. The standard InChI is InChI=1S/C31H47O9P/c1-6-7-8-10-24-20-27(32)29(26-19-23(4)11-12-25(26)22(2)3)28(21-24)39-30(33)31(13-9-14-31)40-41(34,35)38-18-17-37-16-15-36-5/h19-21,25-26,32H,2,6-18H2,1,3-5H3,(H,34,35)/p-1/t25-,26+/m0/s1. The summed E-state index contributed by atoms with van der Waals surface area (Å²) in [5.41, 5.74) is 1.85. The average Bonchev–Trinajstić information content (AvgIpc) is 2.88. The number of methoxy groups -OCH3 is 1. The van der Waals surface area contributed by atoms with E-state index >= 15 is 0 Å². The zero-order valence-electron chi connectivity index (χ0n) is 24.9. The molecule has 3 atom stereocenters. The third-order valence-corrected chi connectivity index (χ3v) is 8.97. The number of carbonyl (C=O) groups is 1. The Kier molecular flexibility index (Phi) is 12.6. The summed E-state index contributed by atoms with van der Waals surface area (Å²) in [6, 6.07) is 3.55.